The van der Waals surface area contributed by atoms with Crippen molar-refractivity contribution in [2.45, 2.75) is 19.4 Å². The summed E-state index contributed by atoms with van der Waals surface area (Å²) in [4.78, 5) is 21.7. The highest BCUT2D eigenvalue weighted by Gasteiger charge is 2.29. The lowest BCUT2D eigenvalue weighted by Gasteiger charge is -2.39. The summed E-state index contributed by atoms with van der Waals surface area (Å²) in [5.74, 6) is 0.758. The number of aryl methyl sites for hydroxylation is 1. The van der Waals surface area contributed by atoms with Gasteiger partial charge in [-0.15, -0.1) is 0 Å². The molecule has 6 heteroatoms. The normalized spacial score (nSPS) is 17.5. The van der Waals surface area contributed by atoms with Gasteiger partial charge in [0.15, 0.2) is 0 Å². The van der Waals surface area contributed by atoms with Crippen LogP contribution < -0.4 is 0 Å². The van der Waals surface area contributed by atoms with Crippen LogP contribution in [-0.2, 0) is 11.2 Å². The Kier molecular flexibility index (Phi) is 5.45. The van der Waals surface area contributed by atoms with Gasteiger partial charge in [0.1, 0.15) is 11.6 Å². The third-order valence-corrected chi connectivity index (χ3v) is 5.49. The van der Waals surface area contributed by atoms with Crippen LogP contribution in [0.2, 0.25) is 0 Å². The topological polar surface area (TPSA) is 49.6 Å². The Morgan fingerprint density at radius 2 is 1.86 bits per heavy atom. The van der Waals surface area contributed by atoms with Crippen LogP contribution in [0.4, 0.5) is 4.39 Å². The Balaban J connectivity index is 1.47. The molecule has 0 spiro atoms. The smallest absolute Gasteiger partial charge is 0.228 e. The summed E-state index contributed by atoms with van der Waals surface area (Å²) in [6, 6.07) is 16.4. The number of nitrogens with zero attached hydrogens (tertiary/aromatic N) is 3. The van der Waals surface area contributed by atoms with E-state index in [4.69, 9.17) is 4.42 Å². The number of benzene rings is 2. The number of amides is 1. The first-order chi connectivity index (χ1) is 14.0. The van der Waals surface area contributed by atoms with Crippen molar-refractivity contribution >= 4 is 5.91 Å². The average molecular weight is 393 g/mol. The largest absolute Gasteiger partial charge is 0.441 e. The molecule has 1 atom stereocenters. The Labute approximate surface area is 169 Å². The highest BCUT2D eigenvalue weighted by atomic mass is 19.1. The van der Waals surface area contributed by atoms with Gasteiger partial charge in [0.2, 0.25) is 11.8 Å². The quantitative estimate of drug-likeness (QED) is 0.676. The van der Waals surface area contributed by atoms with Crippen molar-refractivity contribution in [2.24, 2.45) is 0 Å². The SMILES string of the molecule is Cc1oc(-c2ccc(F)cc2)nc1CC(=O)N1CCN(C)C(c2ccccc2)C1. The molecular formula is C23H24FN3O2. The Hall–Kier alpha value is -2.99. The van der Waals surface area contributed by atoms with E-state index in [2.05, 4.69) is 29.1 Å². The second-order valence-corrected chi connectivity index (χ2v) is 7.45. The fourth-order valence-corrected chi connectivity index (χ4v) is 3.70. The number of hydrogen-bond donors (Lipinski definition) is 0. The lowest BCUT2D eigenvalue weighted by atomic mass is 10.0. The molecule has 1 unspecified atom stereocenters. The maximum Gasteiger partial charge on any atom is 0.228 e. The van der Waals surface area contributed by atoms with Crippen molar-refractivity contribution in [3.05, 3.63) is 77.4 Å². The lowest BCUT2D eigenvalue weighted by molar-refractivity contribution is -0.133. The molecule has 4 rings (SSSR count). The van der Waals surface area contributed by atoms with Crippen LogP contribution in [0, 0.1) is 12.7 Å². The van der Waals surface area contributed by atoms with Crippen LogP contribution in [0.5, 0.6) is 0 Å². The van der Waals surface area contributed by atoms with Crippen LogP contribution in [0.25, 0.3) is 11.5 Å². The van der Waals surface area contributed by atoms with Crippen molar-refractivity contribution in [1.29, 1.82) is 0 Å². The zero-order valence-corrected chi connectivity index (χ0v) is 16.6. The van der Waals surface area contributed by atoms with Crippen molar-refractivity contribution < 1.29 is 13.6 Å². The second-order valence-electron chi connectivity index (χ2n) is 7.45. The summed E-state index contributed by atoms with van der Waals surface area (Å²) < 4.78 is 18.9. The minimum atomic E-state index is -0.310. The number of rotatable bonds is 4. The molecular weight excluding hydrogens is 369 g/mol. The van der Waals surface area contributed by atoms with Gasteiger partial charge in [-0.1, -0.05) is 30.3 Å². The molecule has 5 nitrogen and oxygen atoms in total. The molecule has 1 aliphatic rings. The van der Waals surface area contributed by atoms with Crippen LogP contribution in [-0.4, -0.2) is 47.4 Å². The van der Waals surface area contributed by atoms with Gasteiger partial charge < -0.3 is 9.32 Å². The summed E-state index contributed by atoms with van der Waals surface area (Å²) >= 11 is 0. The number of aromatic nitrogens is 1. The molecule has 1 aromatic heterocycles. The van der Waals surface area contributed by atoms with E-state index in [0.29, 0.717) is 36.0 Å². The van der Waals surface area contributed by atoms with Crippen LogP contribution in [0.3, 0.4) is 0 Å². The fraction of sp³-hybridized carbons (Fsp3) is 0.304. The molecule has 0 saturated carbocycles. The summed E-state index contributed by atoms with van der Waals surface area (Å²) in [5, 5.41) is 0. The molecule has 0 aliphatic carbocycles. The van der Waals surface area contributed by atoms with E-state index in [-0.39, 0.29) is 24.2 Å². The molecule has 150 valence electrons. The molecule has 0 bridgehead atoms. The molecule has 0 N–H and O–H groups in total. The molecule has 2 heterocycles. The second kappa shape index (κ2) is 8.17. The van der Waals surface area contributed by atoms with Gasteiger partial charge in [-0.3, -0.25) is 9.69 Å². The zero-order chi connectivity index (χ0) is 20.4. The molecule has 2 aromatic carbocycles. The van der Waals surface area contributed by atoms with Crippen molar-refractivity contribution in [3.63, 3.8) is 0 Å². The number of piperazine rings is 1. The number of hydrogen-bond acceptors (Lipinski definition) is 4. The number of carbonyl (C=O) groups is 1. The van der Waals surface area contributed by atoms with E-state index in [1.54, 1.807) is 19.1 Å². The van der Waals surface area contributed by atoms with Gasteiger partial charge in [-0.05, 0) is 43.8 Å². The average Bonchev–Trinajstić information content (AvgIpc) is 3.09. The first kappa shape index (κ1) is 19.3. The minimum absolute atomic E-state index is 0.0427. The first-order valence-electron chi connectivity index (χ1n) is 9.76. The predicted octanol–water partition coefficient (Wildman–Crippen LogP) is 3.85. The summed E-state index contributed by atoms with van der Waals surface area (Å²) in [5.41, 5.74) is 2.53. The van der Waals surface area contributed by atoms with Gasteiger partial charge in [0, 0.05) is 25.2 Å². The van der Waals surface area contributed by atoms with Crippen molar-refractivity contribution in [2.75, 3.05) is 26.7 Å². The number of carbonyl (C=O) groups excluding carboxylic acids is 1. The van der Waals surface area contributed by atoms with E-state index in [1.165, 1.54) is 17.7 Å². The van der Waals surface area contributed by atoms with E-state index >= 15 is 0 Å². The van der Waals surface area contributed by atoms with Crippen LogP contribution >= 0.6 is 0 Å². The molecule has 29 heavy (non-hydrogen) atoms. The maximum atomic E-state index is 13.1. The van der Waals surface area contributed by atoms with Crippen LogP contribution in [0.1, 0.15) is 23.1 Å². The van der Waals surface area contributed by atoms with Crippen LogP contribution in [0.15, 0.2) is 59.0 Å². The zero-order valence-electron chi connectivity index (χ0n) is 16.6. The van der Waals surface area contributed by atoms with E-state index in [1.807, 2.05) is 23.1 Å². The standard InChI is InChI=1S/C23H24FN3O2/c1-16-20(25-23(29-16)18-8-10-19(24)11-9-18)14-22(28)27-13-12-26(2)21(15-27)17-6-4-3-5-7-17/h3-11,21H,12-15H2,1-2H3. The van der Waals surface area contributed by atoms with E-state index in [0.717, 1.165) is 6.54 Å². The summed E-state index contributed by atoms with van der Waals surface area (Å²) in [6.07, 6.45) is 0.196. The molecule has 1 amide bonds. The lowest BCUT2D eigenvalue weighted by Crippen LogP contribution is -2.49. The molecule has 1 fully saturated rings. The Morgan fingerprint density at radius 1 is 1.14 bits per heavy atom. The van der Waals surface area contributed by atoms with Crippen molar-refractivity contribution in [3.8, 4) is 11.5 Å². The van der Waals surface area contributed by atoms with Gasteiger partial charge >= 0.3 is 0 Å². The summed E-state index contributed by atoms with van der Waals surface area (Å²) in [7, 11) is 2.09. The van der Waals surface area contributed by atoms with Gasteiger partial charge in [0.05, 0.1) is 18.2 Å². The number of oxazole rings is 1. The molecule has 1 saturated heterocycles. The molecule has 0 radical (unpaired) electrons. The molecule has 1 aliphatic heterocycles. The monoisotopic (exact) mass is 393 g/mol. The van der Waals surface area contributed by atoms with Gasteiger partial charge in [-0.25, -0.2) is 9.37 Å². The predicted molar refractivity (Wildman–Crippen MR) is 109 cm³/mol. The van der Waals surface area contributed by atoms with Gasteiger partial charge in [0.25, 0.3) is 0 Å². The van der Waals surface area contributed by atoms with E-state index < -0.39 is 0 Å². The third-order valence-electron chi connectivity index (χ3n) is 5.49. The highest BCUT2D eigenvalue weighted by molar-refractivity contribution is 5.79. The Bertz CT molecular complexity index is 985. The maximum absolute atomic E-state index is 13.1. The van der Waals surface area contributed by atoms with Gasteiger partial charge in [-0.2, -0.15) is 0 Å². The minimum Gasteiger partial charge on any atom is -0.441 e. The third kappa shape index (κ3) is 4.22. The number of halogens is 1. The first-order valence-corrected chi connectivity index (χ1v) is 9.76. The fourth-order valence-electron chi connectivity index (χ4n) is 3.70. The Morgan fingerprint density at radius 3 is 2.59 bits per heavy atom. The summed E-state index contributed by atoms with van der Waals surface area (Å²) in [6.45, 7) is 3.98. The highest BCUT2D eigenvalue weighted by Crippen LogP contribution is 2.26. The number of likely N-dealkylation sites (N-methyl/N-ethyl adjacent to an activating group) is 1. The molecule has 3 aromatic rings. The van der Waals surface area contributed by atoms with E-state index in [9.17, 15) is 9.18 Å². The van der Waals surface area contributed by atoms with Crippen molar-refractivity contribution in [1.82, 2.24) is 14.8 Å².